The van der Waals surface area contributed by atoms with Gasteiger partial charge in [0, 0.05) is 54.0 Å². The minimum Gasteiger partial charge on any atom is -0.497 e. The number of fused-ring (bicyclic) bond motifs is 1. The van der Waals surface area contributed by atoms with Gasteiger partial charge >= 0.3 is 6.03 Å². The van der Waals surface area contributed by atoms with E-state index >= 15 is 4.39 Å². The monoisotopic (exact) mass is 532 g/mol. The number of methoxy groups -OCH3 is 2. The number of benzene rings is 2. The Morgan fingerprint density at radius 2 is 1.92 bits per heavy atom. The van der Waals surface area contributed by atoms with Crippen LogP contribution in [-0.4, -0.2) is 55.7 Å². The van der Waals surface area contributed by atoms with Crippen molar-refractivity contribution in [2.75, 3.05) is 38.8 Å². The van der Waals surface area contributed by atoms with E-state index < -0.39 is 6.03 Å². The number of aryl methyl sites for hydroxylation is 1. The summed E-state index contributed by atoms with van der Waals surface area (Å²) >= 11 is 0. The second-order valence-electron chi connectivity index (χ2n) is 10.6. The van der Waals surface area contributed by atoms with Gasteiger partial charge in [-0.2, -0.15) is 0 Å². The van der Waals surface area contributed by atoms with Crippen molar-refractivity contribution >= 4 is 34.1 Å². The van der Waals surface area contributed by atoms with E-state index in [0.717, 1.165) is 12.1 Å². The lowest BCUT2D eigenvalue weighted by atomic mass is 9.77. The van der Waals surface area contributed by atoms with Crippen LogP contribution < -0.4 is 19.7 Å². The van der Waals surface area contributed by atoms with Gasteiger partial charge < -0.3 is 14.8 Å². The van der Waals surface area contributed by atoms with Gasteiger partial charge in [-0.15, -0.1) is 0 Å². The Hall–Kier alpha value is -3.98. The lowest BCUT2D eigenvalue weighted by molar-refractivity contribution is -0.129. The Kier molecular flexibility index (Phi) is 7.03. The number of pyridine rings is 1. The topological polar surface area (TPSA) is 84.0 Å². The van der Waals surface area contributed by atoms with E-state index in [1.54, 1.807) is 44.5 Å². The van der Waals surface area contributed by atoms with Crippen LogP contribution in [0.15, 0.2) is 42.6 Å². The first-order chi connectivity index (χ1) is 18.7. The molecular formula is C30H33FN4O4. The van der Waals surface area contributed by atoms with Crippen LogP contribution >= 0.6 is 0 Å². The zero-order valence-corrected chi connectivity index (χ0v) is 22.9. The SMILES string of the molecule is COc1ccc(CN2C(=O)CCN(c3cnc4ccc(C5=CCNCC5(C)C)c(F)c4c3C)C2=O)c(OC)c1. The summed E-state index contributed by atoms with van der Waals surface area (Å²) in [6.07, 6.45) is 3.76. The molecule has 1 fully saturated rings. The van der Waals surface area contributed by atoms with E-state index in [2.05, 4.69) is 24.1 Å². The number of carbonyl (C=O) groups is 2. The molecule has 3 amide bonds. The molecule has 8 nitrogen and oxygen atoms in total. The molecule has 9 heteroatoms. The molecule has 5 rings (SSSR count). The van der Waals surface area contributed by atoms with Crippen molar-refractivity contribution in [1.29, 1.82) is 0 Å². The summed E-state index contributed by atoms with van der Waals surface area (Å²) in [6, 6.07) is 8.37. The van der Waals surface area contributed by atoms with E-state index in [1.807, 2.05) is 12.1 Å². The number of amides is 3. The van der Waals surface area contributed by atoms with Gasteiger partial charge in [-0.25, -0.2) is 9.18 Å². The number of hydrogen-bond acceptors (Lipinski definition) is 6. The summed E-state index contributed by atoms with van der Waals surface area (Å²) in [5.74, 6) is 0.492. The first-order valence-corrected chi connectivity index (χ1v) is 13.0. The first-order valence-electron chi connectivity index (χ1n) is 13.0. The largest absolute Gasteiger partial charge is 0.497 e. The third-order valence-corrected chi connectivity index (χ3v) is 7.67. The second-order valence-corrected chi connectivity index (χ2v) is 10.6. The van der Waals surface area contributed by atoms with Crippen LogP contribution in [0.4, 0.5) is 14.9 Å². The van der Waals surface area contributed by atoms with Crippen molar-refractivity contribution < 1.29 is 23.5 Å². The van der Waals surface area contributed by atoms with Gasteiger partial charge in [-0.3, -0.25) is 19.6 Å². The molecule has 3 heterocycles. The molecule has 0 unspecified atom stereocenters. The van der Waals surface area contributed by atoms with E-state index in [0.29, 0.717) is 51.3 Å². The van der Waals surface area contributed by atoms with Crippen molar-refractivity contribution in [3.05, 3.63) is 65.1 Å². The third-order valence-electron chi connectivity index (χ3n) is 7.67. The van der Waals surface area contributed by atoms with Gasteiger partial charge in [0.05, 0.1) is 38.2 Å². The maximum atomic E-state index is 16.2. The predicted molar refractivity (Wildman–Crippen MR) is 149 cm³/mol. The van der Waals surface area contributed by atoms with Crippen molar-refractivity contribution in [2.45, 2.75) is 33.7 Å². The fourth-order valence-corrected chi connectivity index (χ4v) is 5.49. The number of aromatic nitrogens is 1. The summed E-state index contributed by atoms with van der Waals surface area (Å²) in [4.78, 5) is 33.8. The number of imide groups is 1. The van der Waals surface area contributed by atoms with Crippen LogP contribution in [-0.2, 0) is 11.3 Å². The summed E-state index contributed by atoms with van der Waals surface area (Å²) in [6.45, 7) is 7.63. The maximum Gasteiger partial charge on any atom is 0.331 e. The highest BCUT2D eigenvalue weighted by molar-refractivity contribution is 6.07. The van der Waals surface area contributed by atoms with Crippen LogP contribution in [0.1, 0.15) is 37.0 Å². The van der Waals surface area contributed by atoms with Gasteiger partial charge in [0.2, 0.25) is 5.91 Å². The summed E-state index contributed by atoms with van der Waals surface area (Å²) in [5, 5.41) is 3.72. The number of ether oxygens (including phenoxy) is 2. The lowest BCUT2D eigenvalue weighted by Gasteiger charge is -2.35. The molecule has 3 aromatic rings. The zero-order valence-electron chi connectivity index (χ0n) is 22.9. The number of urea groups is 1. The summed E-state index contributed by atoms with van der Waals surface area (Å²) in [7, 11) is 3.08. The molecule has 0 aliphatic carbocycles. The molecule has 1 aromatic heterocycles. The Morgan fingerprint density at radius 1 is 1.13 bits per heavy atom. The molecule has 0 saturated carbocycles. The number of carbonyl (C=O) groups excluding carboxylic acids is 2. The van der Waals surface area contributed by atoms with Crippen molar-refractivity contribution in [3.63, 3.8) is 0 Å². The van der Waals surface area contributed by atoms with Crippen molar-refractivity contribution in [3.8, 4) is 11.5 Å². The van der Waals surface area contributed by atoms with E-state index in [-0.39, 0.29) is 36.6 Å². The van der Waals surface area contributed by atoms with Crippen LogP contribution in [0.2, 0.25) is 0 Å². The van der Waals surface area contributed by atoms with Gasteiger partial charge in [-0.1, -0.05) is 19.9 Å². The Labute approximate surface area is 227 Å². The number of nitrogens with zero attached hydrogens (tertiary/aromatic N) is 3. The van der Waals surface area contributed by atoms with Crippen LogP contribution in [0, 0.1) is 18.2 Å². The summed E-state index contributed by atoms with van der Waals surface area (Å²) < 4.78 is 26.9. The fourth-order valence-electron chi connectivity index (χ4n) is 5.49. The molecule has 0 bridgehead atoms. The smallest absolute Gasteiger partial charge is 0.331 e. The predicted octanol–water partition coefficient (Wildman–Crippen LogP) is 5.07. The van der Waals surface area contributed by atoms with Crippen LogP contribution in [0.3, 0.4) is 0 Å². The summed E-state index contributed by atoms with van der Waals surface area (Å²) in [5.41, 5.74) is 3.54. The molecule has 0 radical (unpaired) electrons. The van der Waals surface area contributed by atoms with E-state index in [1.165, 1.54) is 16.9 Å². The molecular weight excluding hydrogens is 499 g/mol. The van der Waals surface area contributed by atoms with E-state index in [9.17, 15) is 9.59 Å². The van der Waals surface area contributed by atoms with Gasteiger partial charge in [0.15, 0.2) is 0 Å². The Balaban J connectivity index is 1.52. The average molecular weight is 533 g/mol. The van der Waals surface area contributed by atoms with Crippen LogP contribution in [0.25, 0.3) is 16.5 Å². The Morgan fingerprint density at radius 3 is 2.64 bits per heavy atom. The average Bonchev–Trinajstić information content (AvgIpc) is 2.92. The molecule has 2 aliphatic heterocycles. The highest BCUT2D eigenvalue weighted by atomic mass is 19.1. The zero-order chi connectivity index (χ0) is 27.9. The minimum atomic E-state index is -0.480. The number of rotatable bonds is 6. The van der Waals surface area contributed by atoms with Crippen LogP contribution in [0.5, 0.6) is 11.5 Å². The maximum absolute atomic E-state index is 16.2. The number of anilines is 1. The molecule has 1 N–H and O–H groups in total. The second kappa shape index (κ2) is 10.3. The molecule has 204 valence electrons. The quantitative estimate of drug-likeness (QED) is 0.477. The number of hydrogen-bond donors (Lipinski definition) is 1. The van der Waals surface area contributed by atoms with Crippen molar-refractivity contribution in [2.24, 2.45) is 5.41 Å². The van der Waals surface area contributed by atoms with Gasteiger partial charge in [0.1, 0.15) is 17.3 Å². The van der Waals surface area contributed by atoms with Crippen molar-refractivity contribution in [1.82, 2.24) is 15.2 Å². The standard InChI is InChI=1S/C30H33FN4O4/c1-18-24(15-33-23-9-8-21(28(31)27(18)23)22-10-12-32-17-30(22,2)3)34-13-11-26(36)35(29(34)37)16-19-6-7-20(38-4)14-25(19)39-5/h6-10,14-15,32H,11-13,16-17H2,1-5H3. The Bertz CT molecular complexity index is 1500. The molecule has 2 aromatic carbocycles. The normalized spacial score (nSPS) is 17.4. The first kappa shape index (κ1) is 26.6. The molecule has 0 atom stereocenters. The van der Waals surface area contributed by atoms with Gasteiger partial charge in [-0.05, 0) is 42.3 Å². The van der Waals surface area contributed by atoms with E-state index in [4.69, 9.17) is 9.47 Å². The minimum absolute atomic E-state index is 0.0389. The lowest BCUT2D eigenvalue weighted by Crippen LogP contribution is -2.52. The van der Waals surface area contributed by atoms with Gasteiger partial charge in [0.25, 0.3) is 0 Å². The number of halogens is 1. The number of nitrogens with one attached hydrogen (secondary N) is 1. The molecule has 39 heavy (non-hydrogen) atoms. The third kappa shape index (κ3) is 4.71. The highest BCUT2D eigenvalue weighted by Gasteiger charge is 2.35. The fraction of sp³-hybridized carbons (Fsp3) is 0.367. The highest BCUT2D eigenvalue weighted by Crippen LogP contribution is 2.40. The molecule has 2 aliphatic rings. The molecule has 1 saturated heterocycles. The molecule has 0 spiro atoms.